The lowest BCUT2D eigenvalue weighted by atomic mass is 10.1. The molecule has 0 aliphatic heterocycles. The third-order valence-electron chi connectivity index (χ3n) is 4.20. The van der Waals surface area contributed by atoms with Gasteiger partial charge in [0, 0.05) is 21.8 Å². The molecular formula is C22H16ClF3N2O2. The quantitative estimate of drug-likeness (QED) is 0.404. The van der Waals surface area contributed by atoms with Crippen molar-refractivity contribution in [1.29, 1.82) is 0 Å². The van der Waals surface area contributed by atoms with Crippen molar-refractivity contribution < 1.29 is 22.8 Å². The molecule has 0 heterocycles. The first-order valence-corrected chi connectivity index (χ1v) is 9.21. The van der Waals surface area contributed by atoms with Crippen molar-refractivity contribution in [2.45, 2.75) is 12.3 Å². The summed E-state index contributed by atoms with van der Waals surface area (Å²) in [4.78, 5) is 25.5. The molecule has 0 aliphatic rings. The molecule has 3 aromatic rings. The Morgan fingerprint density at radius 1 is 0.833 bits per heavy atom. The van der Waals surface area contributed by atoms with Crippen LogP contribution in [0.25, 0.3) is 0 Å². The SMILES string of the molecule is O=C(N[C@@H](Nc1cccc(C(F)(F)F)c1)C(=O)c1ccccc1)c1ccc(Cl)cc1. The van der Waals surface area contributed by atoms with Crippen LogP contribution in [-0.2, 0) is 6.18 Å². The van der Waals surface area contributed by atoms with Gasteiger partial charge in [-0.05, 0) is 42.5 Å². The average molecular weight is 433 g/mol. The van der Waals surface area contributed by atoms with Gasteiger partial charge in [-0.1, -0.05) is 48.0 Å². The lowest BCUT2D eigenvalue weighted by molar-refractivity contribution is -0.137. The fraction of sp³-hybridized carbons (Fsp3) is 0.0909. The number of rotatable bonds is 6. The van der Waals surface area contributed by atoms with Gasteiger partial charge in [0.15, 0.2) is 6.17 Å². The zero-order chi connectivity index (χ0) is 21.7. The summed E-state index contributed by atoms with van der Waals surface area (Å²) in [6.07, 6.45) is -5.83. The molecule has 0 saturated carbocycles. The summed E-state index contributed by atoms with van der Waals surface area (Å²) >= 11 is 5.82. The Hall–Kier alpha value is -3.32. The molecule has 0 aromatic heterocycles. The lowest BCUT2D eigenvalue weighted by Crippen LogP contribution is -2.46. The maximum atomic E-state index is 13.0. The number of ketones is 1. The molecular weight excluding hydrogens is 417 g/mol. The van der Waals surface area contributed by atoms with E-state index in [4.69, 9.17) is 11.6 Å². The van der Waals surface area contributed by atoms with E-state index in [1.54, 1.807) is 30.3 Å². The Morgan fingerprint density at radius 3 is 2.13 bits per heavy atom. The molecule has 0 fully saturated rings. The molecule has 3 rings (SSSR count). The fourth-order valence-electron chi connectivity index (χ4n) is 2.70. The standard InChI is InChI=1S/C22H16ClF3N2O2/c23-17-11-9-15(10-12-17)21(30)28-20(19(29)14-5-2-1-3-6-14)27-18-8-4-7-16(13-18)22(24,25)26/h1-13,20,27H,(H,28,30)/t20-/m1/s1. The Kier molecular flexibility index (Phi) is 6.42. The van der Waals surface area contributed by atoms with Crippen LogP contribution in [0.15, 0.2) is 78.9 Å². The highest BCUT2D eigenvalue weighted by atomic mass is 35.5. The van der Waals surface area contributed by atoms with Gasteiger partial charge in [0.05, 0.1) is 5.56 Å². The van der Waals surface area contributed by atoms with Crippen LogP contribution in [0.5, 0.6) is 0 Å². The highest BCUT2D eigenvalue weighted by Gasteiger charge is 2.31. The van der Waals surface area contributed by atoms with Crippen molar-refractivity contribution in [1.82, 2.24) is 5.32 Å². The van der Waals surface area contributed by atoms with E-state index in [0.29, 0.717) is 10.6 Å². The van der Waals surface area contributed by atoms with Crippen molar-refractivity contribution >= 4 is 29.0 Å². The van der Waals surface area contributed by atoms with Gasteiger partial charge in [-0.3, -0.25) is 9.59 Å². The van der Waals surface area contributed by atoms with Gasteiger partial charge in [-0.25, -0.2) is 0 Å². The van der Waals surface area contributed by atoms with Crippen LogP contribution >= 0.6 is 11.6 Å². The molecule has 1 amide bonds. The third-order valence-corrected chi connectivity index (χ3v) is 4.46. The molecule has 3 aromatic carbocycles. The number of anilines is 1. The molecule has 30 heavy (non-hydrogen) atoms. The first kappa shape index (κ1) is 21.4. The largest absolute Gasteiger partial charge is 0.416 e. The van der Waals surface area contributed by atoms with E-state index in [1.807, 2.05) is 0 Å². The topological polar surface area (TPSA) is 58.2 Å². The summed E-state index contributed by atoms with van der Waals surface area (Å²) in [7, 11) is 0. The Labute approximate surface area is 175 Å². The second kappa shape index (κ2) is 9.00. The molecule has 0 radical (unpaired) electrons. The zero-order valence-corrected chi connectivity index (χ0v) is 16.2. The van der Waals surface area contributed by atoms with Gasteiger partial charge in [0.2, 0.25) is 5.78 Å². The predicted octanol–water partition coefficient (Wildman–Crippen LogP) is 5.41. The van der Waals surface area contributed by atoms with Gasteiger partial charge < -0.3 is 10.6 Å². The number of carbonyl (C=O) groups is 2. The summed E-state index contributed by atoms with van der Waals surface area (Å²) in [5.74, 6) is -1.09. The van der Waals surface area contributed by atoms with Crippen LogP contribution in [0.1, 0.15) is 26.3 Å². The minimum absolute atomic E-state index is 0.0375. The molecule has 0 bridgehead atoms. The summed E-state index contributed by atoms with van der Waals surface area (Å²) < 4.78 is 39.1. The smallest absolute Gasteiger partial charge is 0.359 e. The first-order chi connectivity index (χ1) is 14.2. The molecule has 0 saturated heterocycles. The van der Waals surface area contributed by atoms with Crippen LogP contribution in [0.2, 0.25) is 5.02 Å². The highest BCUT2D eigenvalue weighted by Crippen LogP contribution is 2.30. The number of alkyl halides is 3. The number of hydrogen-bond acceptors (Lipinski definition) is 3. The van der Waals surface area contributed by atoms with Gasteiger partial charge in [-0.2, -0.15) is 13.2 Å². The number of benzene rings is 3. The van der Waals surface area contributed by atoms with E-state index in [2.05, 4.69) is 10.6 Å². The molecule has 0 unspecified atom stereocenters. The molecule has 0 aliphatic carbocycles. The summed E-state index contributed by atoms with van der Waals surface area (Å²) in [5, 5.41) is 5.66. The Balaban J connectivity index is 1.89. The molecule has 4 nitrogen and oxygen atoms in total. The monoisotopic (exact) mass is 432 g/mol. The second-order valence-electron chi connectivity index (χ2n) is 6.37. The van der Waals surface area contributed by atoms with E-state index < -0.39 is 29.6 Å². The van der Waals surface area contributed by atoms with Gasteiger partial charge >= 0.3 is 6.18 Å². The van der Waals surface area contributed by atoms with E-state index in [0.717, 1.165) is 12.1 Å². The van der Waals surface area contributed by atoms with Gasteiger partial charge in [0.25, 0.3) is 5.91 Å². The number of Topliss-reactive ketones (excluding diaryl/α,β-unsaturated/α-hetero) is 1. The first-order valence-electron chi connectivity index (χ1n) is 8.83. The Bertz CT molecular complexity index is 1040. The molecule has 2 N–H and O–H groups in total. The summed E-state index contributed by atoms with van der Waals surface area (Å²) in [5.41, 5.74) is -0.299. The summed E-state index contributed by atoms with van der Waals surface area (Å²) in [6, 6.07) is 18.5. The molecule has 8 heteroatoms. The van der Waals surface area contributed by atoms with E-state index in [1.165, 1.54) is 36.4 Å². The maximum Gasteiger partial charge on any atom is 0.416 e. The van der Waals surface area contributed by atoms with Gasteiger partial charge in [0.1, 0.15) is 0 Å². The number of nitrogens with one attached hydrogen (secondary N) is 2. The Morgan fingerprint density at radius 2 is 1.50 bits per heavy atom. The number of hydrogen-bond donors (Lipinski definition) is 2. The van der Waals surface area contributed by atoms with Crippen molar-refractivity contribution in [2.24, 2.45) is 0 Å². The fourth-order valence-corrected chi connectivity index (χ4v) is 2.83. The van der Waals surface area contributed by atoms with Crippen LogP contribution in [0.4, 0.5) is 18.9 Å². The molecule has 154 valence electrons. The van der Waals surface area contributed by atoms with Crippen molar-refractivity contribution in [2.75, 3.05) is 5.32 Å². The van der Waals surface area contributed by atoms with Crippen molar-refractivity contribution in [3.8, 4) is 0 Å². The zero-order valence-electron chi connectivity index (χ0n) is 15.4. The van der Waals surface area contributed by atoms with E-state index >= 15 is 0 Å². The number of halogens is 4. The van der Waals surface area contributed by atoms with E-state index in [-0.39, 0.29) is 11.3 Å². The van der Waals surface area contributed by atoms with Crippen LogP contribution < -0.4 is 10.6 Å². The molecule has 1 atom stereocenters. The molecule has 0 spiro atoms. The van der Waals surface area contributed by atoms with Crippen molar-refractivity contribution in [3.05, 3.63) is 101 Å². The number of amides is 1. The van der Waals surface area contributed by atoms with Crippen LogP contribution in [0, 0.1) is 0 Å². The van der Waals surface area contributed by atoms with Crippen molar-refractivity contribution in [3.63, 3.8) is 0 Å². The maximum absolute atomic E-state index is 13.0. The minimum Gasteiger partial charge on any atom is -0.359 e. The average Bonchev–Trinajstić information content (AvgIpc) is 2.73. The minimum atomic E-state index is -4.54. The van der Waals surface area contributed by atoms with Gasteiger partial charge in [-0.15, -0.1) is 0 Å². The third kappa shape index (κ3) is 5.39. The second-order valence-corrected chi connectivity index (χ2v) is 6.80. The van der Waals surface area contributed by atoms with Crippen LogP contribution in [-0.4, -0.2) is 17.9 Å². The van der Waals surface area contributed by atoms with Crippen LogP contribution in [0.3, 0.4) is 0 Å². The highest BCUT2D eigenvalue weighted by molar-refractivity contribution is 6.30. The number of carbonyl (C=O) groups excluding carboxylic acids is 2. The lowest BCUT2D eigenvalue weighted by Gasteiger charge is -2.21. The summed E-state index contributed by atoms with van der Waals surface area (Å²) in [6.45, 7) is 0. The van der Waals surface area contributed by atoms with E-state index in [9.17, 15) is 22.8 Å². The normalized spacial score (nSPS) is 12.1. The predicted molar refractivity (Wildman–Crippen MR) is 109 cm³/mol.